The number of rotatable bonds is 5. The van der Waals surface area contributed by atoms with E-state index in [4.69, 9.17) is 0 Å². The van der Waals surface area contributed by atoms with Gasteiger partial charge < -0.3 is 5.32 Å². The van der Waals surface area contributed by atoms with Crippen molar-refractivity contribution in [3.05, 3.63) is 34.0 Å². The van der Waals surface area contributed by atoms with Gasteiger partial charge >= 0.3 is 0 Å². The molecule has 1 aliphatic heterocycles. The number of nitrogens with zero attached hydrogens (tertiary/aromatic N) is 4. The molecule has 24 heavy (non-hydrogen) atoms. The zero-order chi connectivity index (χ0) is 16.5. The SMILES string of the molecule is Cc1nc(CN2Cc3ccnn3CC(C(=O)NCC3CC3)C2)cs1. The van der Waals surface area contributed by atoms with E-state index >= 15 is 0 Å². The number of hydrogen-bond donors (Lipinski definition) is 1. The fourth-order valence-corrected chi connectivity index (χ4v) is 3.84. The number of carbonyl (C=O) groups excluding carboxylic acids is 1. The van der Waals surface area contributed by atoms with E-state index in [1.54, 1.807) is 11.3 Å². The Kier molecular flexibility index (Phi) is 4.37. The highest BCUT2D eigenvalue weighted by molar-refractivity contribution is 7.09. The van der Waals surface area contributed by atoms with Crippen molar-refractivity contribution in [2.45, 2.75) is 39.4 Å². The van der Waals surface area contributed by atoms with Gasteiger partial charge in [0.25, 0.3) is 0 Å². The summed E-state index contributed by atoms with van der Waals surface area (Å²) in [5.74, 6) is 0.795. The van der Waals surface area contributed by atoms with Crippen molar-refractivity contribution in [2.24, 2.45) is 11.8 Å². The quantitative estimate of drug-likeness (QED) is 0.898. The normalized spacial score (nSPS) is 21.3. The monoisotopic (exact) mass is 345 g/mol. The van der Waals surface area contributed by atoms with E-state index in [2.05, 4.69) is 25.7 Å². The molecule has 0 bridgehead atoms. The van der Waals surface area contributed by atoms with Crippen molar-refractivity contribution in [3.8, 4) is 0 Å². The van der Waals surface area contributed by atoms with Crippen LogP contribution in [0.3, 0.4) is 0 Å². The Balaban J connectivity index is 1.48. The van der Waals surface area contributed by atoms with E-state index in [9.17, 15) is 4.79 Å². The standard InChI is InChI=1S/C17H23N5OS/c1-12-20-15(11-24-12)9-21-7-14(17(23)18-6-13-2-3-13)8-22-16(10-21)4-5-19-22/h4-5,11,13-14H,2-3,6-10H2,1H3,(H,18,23). The molecule has 128 valence electrons. The van der Waals surface area contributed by atoms with Gasteiger partial charge in [-0.05, 0) is 31.7 Å². The Hall–Kier alpha value is -1.73. The predicted molar refractivity (Wildman–Crippen MR) is 92.4 cm³/mol. The minimum absolute atomic E-state index is 0.0652. The molecule has 0 spiro atoms. The molecule has 6 nitrogen and oxygen atoms in total. The van der Waals surface area contributed by atoms with Crippen LogP contribution in [0.2, 0.25) is 0 Å². The average Bonchev–Trinajstić information content (AvgIpc) is 3.21. The van der Waals surface area contributed by atoms with Crippen LogP contribution in [0.5, 0.6) is 0 Å². The van der Waals surface area contributed by atoms with Crippen molar-refractivity contribution in [3.63, 3.8) is 0 Å². The summed E-state index contributed by atoms with van der Waals surface area (Å²) in [4.78, 5) is 19.5. The van der Waals surface area contributed by atoms with Crippen LogP contribution in [0, 0.1) is 18.8 Å². The van der Waals surface area contributed by atoms with Gasteiger partial charge in [-0.2, -0.15) is 5.10 Å². The number of aromatic nitrogens is 3. The molecule has 2 aromatic rings. The fraction of sp³-hybridized carbons (Fsp3) is 0.588. The van der Waals surface area contributed by atoms with Gasteiger partial charge in [0.2, 0.25) is 5.91 Å². The average molecular weight is 345 g/mol. The van der Waals surface area contributed by atoms with E-state index < -0.39 is 0 Å². The summed E-state index contributed by atoms with van der Waals surface area (Å²) in [6, 6.07) is 2.05. The topological polar surface area (TPSA) is 63.1 Å². The Labute approximate surface area is 145 Å². The molecule has 0 aromatic carbocycles. The van der Waals surface area contributed by atoms with Gasteiger partial charge in [0.15, 0.2) is 0 Å². The number of fused-ring (bicyclic) bond motifs is 1. The molecule has 1 unspecified atom stereocenters. The smallest absolute Gasteiger partial charge is 0.226 e. The third-order valence-electron chi connectivity index (χ3n) is 4.75. The molecule has 4 rings (SSSR count). The molecule has 1 saturated carbocycles. The van der Waals surface area contributed by atoms with Crippen molar-refractivity contribution in [2.75, 3.05) is 13.1 Å². The van der Waals surface area contributed by atoms with E-state index in [1.165, 1.54) is 18.5 Å². The zero-order valence-electron chi connectivity index (χ0n) is 13.9. The molecule has 1 fully saturated rings. The summed E-state index contributed by atoms with van der Waals surface area (Å²) >= 11 is 1.68. The van der Waals surface area contributed by atoms with E-state index in [0.29, 0.717) is 12.5 Å². The molecular weight excluding hydrogens is 322 g/mol. The van der Waals surface area contributed by atoms with Gasteiger partial charge in [-0.3, -0.25) is 14.4 Å². The van der Waals surface area contributed by atoms with Crippen LogP contribution in [0.15, 0.2) is 17.6 Å². The number of nitrogens with one attached hydrogen (secondary N) is 1. The Morgan fingerprint density at radius 3 is 3.04 bits per heavy atom. The molecular formula is C17H23N5OS. The molecule has 0 saturated heterocycles. The highest BCUT2D eigenvalue weighted by atomic mass is 32.1. The lowest BCUT2D eigenvalue weighted by molar-refractivity contribution is -0.126. The maximum atomic E-state index is 12.6. The number of aryl methyl sites for hydroxylation is 1. The van der Waals surface area contributed by atoms with E-state index in [-0.39, 0.29) is 11.8 Å². The van der Waals surface area contributed by atoms with Crippen LogP contribution < -0.4 is 5.32 Å². The number of carbonyl (C=O) groups is 1. The van der Waals surface area contributed by atoms with E-state index in [1.807, 2.05) is 23.9 Å². The molecule has 2 aromatic heterocycles. The van der Waals surface area contributed by atoms with Gasteiger partial charge in [-0.25, -0.2) is 4.98 Å². The zero-order valence-corrected chi connectivity index (χ0v) is 14.8. The van der Waals surface area contributed by atoms with Crippen molar-refractivity contribution in [1.82, 2.24) is 25.0 Å². The molecule has 7 heteroatoms. The van der Waals surface area contributed by atoms with Gasteiger partial charge in [0, 0.05) is 37.8 Å². The number of hydrogen-bond acceptors (Lipinski definition) is 5. The third-order valence-corrected chi connectivity index (χ3v) is 5.57. The van der Waals surface area contributed by atoms with Gasteiger partial charge in [-0.15, -0.1) is 11.3 Å². The van der Waals surface area contributed by atoms with E-state index in [0.717, 1.165) is 36.9 Å². The van der Waals surface area contributed by atoms with Crippen molar-refractivity contribution < 1.29 is 4.79 Å². The molecule has 3 heterocycles. The molecule has 2 aliphatic rings. The minimum Gasteiger partial charge on any atom is -0.355 e. The van der Waals surface area contributed by atoms with Crippen molar-refractivity contribution >= 4 is 17.2 Å². The second-order valence-corrected chi connectivity index (χ2v) is 7.98. The summed E-state index contributed by atoms with van der Waals surface area (Å²) in [7, 11) is 0. The van der Waals surface area contributed by atoms with Crippen LogP contribution in [0.25, 0.3) is 0 Å². The maximum Gasteiger partial charge on any atom is 0.226 e. The first kappa shape index (κ1) is 15.8. The summed E-state index contributed by atoms with van der Waals surface area (Å²) in [6.07, 6.45) is 4.33. The van der Waals surface area contributed by atoms with Crippen molar-refractivity contribution in [1.29, 1.82) is 0 Å². The van der Waals surface area contributed by atoms with Crippen LogP contribution in [-0.4, -0.2) is 38.7 Å². The maximum absolute atomic E-state index is 12.6. The molecule has 1 atom stereocenters. The summed E-state index contributed by atoms with van der Waals surface area (Å²) < 4.78 is 1.98. The van der Waals surface area contributed by atoms with Crippen LogP contribution >= 0.6 is 11.3 Å². The fourth-order valence-electron chi connectivity index (χ4n) is 3.24. The largest absolute Gasteiger partial charge is 0.355 e. The minimum atomic E-state index is -0.0652. The lowest BCUT2D eigenvalue weighted by Gasteiger charge is -2.22. The molecule has 1 amide bonds. The summed E-state index contributed by atoms with van der Waals surface area (Å²) in [6.45, 7) is 5.85. The van der Waals surface area contributed by atoms with Crippen LogP contribution in [-0.2, 0) is 24.4 Å². The van der Waals surface area contributed by atoms with Crippen LogP contribution in [0.4, 0.5) is 0 Å². The highest BCUT2D eigenvalue weighted by Crippen LogP contribution is 2.28. The first-order valence-electron chi connectivity index (χ1n) is 8.59. The number of amides is 1. The Morgan fingerprint density at radius 2 is 2.29 bits per heavy atom. The Morgan fingerprint density at radius 1 is 1.42 bits per heavy atom. The second-order valence-electron chi connectivity index (χ2n) is 6.92. The predicted octanol–water partition coefficient (Wildman–Crippen LogP) is 1.81. The summed E-state index contributed by atoms with van der Waals surface area (Å²) in [5, 5.41) is 10.7. The first-order chi connectivity index (χ1) is 11.7. The van der Waals surface area contributed by atoms with Crippen LogP contribution in [0.1, 0.15) is 29.2 Å². The number of thiazole rings is 1. The summed E-state index contributed by atoms with van der Waals surface area (Å²) in [5.41, 5.74) is 2.25. The van der Waals surface area contributed by atoms with Gasteiger partial charge in [-0.1, -0.05) is 0 Å². The third kappa shape index (κ3) is 3.67. The second kappa shape index (κ2) is 6.64. The first-order valence-corrected chi connectivity index (χ1v) is 9.47. The Bertz CT molecular complexity index is 720. The van der Waals surface area contributed by atoms with Gasteiger partial charge in [0.05, 0.1) is 28.9 Å². The molecule has 1 N–H and O–H groups in total. The lowest BCUT2D eigenvalue weighted by atomic mass is 10.1. The molecule has 0 radical (unpaired) electrons. The highest BCUT2D eigenvalue weighted by Gasteiger charge is 2.29. The molecule has 1 aliphatic carbocycles. The lowest BCUT2D eigenvalue weighted by Crippen LogP contribution is -2.39. The van der Waals surface area contributed by atoms with Gasteiger partial charge in [0.1, 0.15) is 0 Å².